The number of nitrogens with one attached hydrogen (secondary N) is 1. The van der Waals surface area contributed by atoms with Crippen molar-refractivity contribution >= 4 is 28.6 Å². The molecule has 0 atom stereocenters. The molecule has 0 spiro atoms. The molecule has 0 saturated heterocycles. The van der Waals surface area contributed by atoms with E-state index in [0.717, 1.165) is 22.0 Å². The highest BCUT2D eigenvalue weighted by Gasteiger charge is 2.13. The Balaban J connectivity index is 1.68. The number of rotatable bonds is 5. The van der Waals surface area contributed by atoms with Crippen LogP contribution in [0.5, 0.6) is 0 Å². The molecular weight excluding hydrogens is 377 g/mol. The molecule has 0 aliphatic heterocycles. The Morgan fingerprint density at radius 2 is 1.70 bits per heavy atom. The maximum absolute atomic E-state index is 13.2. The predicted molar refractivity (Wildman–Crippen MR) is 116 cm³/mol. The van der Waals surface area contributed by atoms with Gasteiger partial charge in [0.15, 0.2) is 0 Å². The van der Waals surface area contributed by atoms with Crippen molar-refractivity contribution in [3.63, 3.8) is 0 Å². The van der Waals surface area contributed by atoms with Crippen LogP contribution < -0.4 is 5.32 Å². The van der Waals surface area contributed by atoms with E-state index in [4.69, 9.17) is 0 Å². The van der Waals surface area contributed by atoms with Crippen LogP contribution in [0.4, 0.5) is 10.1 Å². The molecule has 30 heavy (non-hydrogen) atoms. The third-order valence-corrected chi connectivity index (χ3v) is 4.78. The minimum absolute atomic E-state index is 0.0172. The zero-order valence-electron chi connectivity index (χ0n) is 16.0. The van der Waals surface area contributed by atoms with Gasteiger partial charge in [0.1, 0.15) is 17.5 Å². The predicted octanol–water partition coefficient (Wildman–Crippen LogP) is 5.37. The lowest BCUT2D eigenvalue weighted by atomic mass is 10.1. The van der Waals surface area contributed by atoms with Gasteiger partial charge in [-0.1, -0.05) is 48.5 Å². The van der Waals surface area contributed by atoms with Crippen molar-refractivity contribution in [1.82, 2.24) is 4.57 Å². The number of hydrogen-bond acceptors (Lipinski definition) is 2. The van der Waals surface area contributed by atoms with Crippen molar-refractivity contribution in [3.8, 4) is 6.07 Å². The van der Waals surface area contributed by atoms with Crippen LogP contribution in [0, 0.1) is 17.1 Å². The van der Waals surface area contributed by atoms with E-state index in [1.165, 1.54) is 12.1 Å². The van der Waals surface area contributed by atoms with Gasteiger partial charge < -0.3 is 9.88 Å². The molecule has 0 aliphatic rings. The van der Waals surface area contributed by atoms with Gasteiger partial charge in [0.05, 0.1) is 0 Å². The van der Waals surface area contributed by atoms with Gasteiger partial charge in [-0.3, -0.25) is 4.79 Å². The van der Waals surface area contributed by atoms with E-state index in [1.54, 1.807) is 30.3 Å². The summed E-state index contributed by atoms with van der Waals surface area (Å²) < 4.78 is 15.2. The molecule has 1 heterocycles. The second kappa shape index (κ2) is 8.46. The second-order valence-electron chi connectivity index (χ2n) is 6.85. The molecule has 146 valence electrons. The first kappa shape index (κ1) is 19.2. The summed E-state index contributed by atoms with van der Waals surface area (Å²) in [6.07, 6.45) is 3.50. The highest BCUT2D eigenvalue weighted by atomic mass is 19.1. The number of carbonyl (C=O) groups is 1. The largest absolute Gasteiger partial charge is 0.342 e. The van der Waals surface area contributed by atoms with Crippen LogP contribution >= 0.6 is 0 Å². The van der Waals surface area contributed by atoms with Crippen molar-refractivity contribution in [3.05, 3.63) is 108 Å². The highest BCUT2D eigenvalue weighted by molar-refractivity contribution is 6.10. The van der Waals surface area contributed by atoms with E-state index in [-0.39, 0.29) is 11.4 Å². The van der Waals surface area contributed by atoms with Gasteiger partial charge in [-0.2, -0.15) is 5.26 Å². The van der Waals surface area contributed by atoms with Gasteiger partial charge in [-0.15, -0.1) is 0 Å². The molecule has 0 fully saturated rings. The first-order valence-electron chi connectivity index (χ1n) is 9.44. The highest BCUT2D eigenvalue weighted by Crippen LogP contribution is 2.25. The molecule has 1 aromatic heterocycles. The van der Waals surface area contributed by atoms with Gasteiger partial charge in [-0.25, -0.2) is 4.39 Å². The van der Waals surface area contributed by atoms with Gasteiger partial charge in [0.2, 0.25) is 0 Å². The van der Waals surface area contributed by atoms with Gasteiger partial charge in [0, 0.05) is 34.9 Å². The van der Waals surface area contributed by atoms with E-state index >= 15 is 0 Å². The summed E-state index contributed by atoms with van der Waals surface area (Å²) in [4.78, 5) is 12.6. The number of nitriles is 1. The first-order chi connectivity index (χ1) is 14.6. The fourth-order valence-corrected chi connectivity index (χ4v) is 3.33. The quantitative estimate of drug-likeness (QED) is 0.365. The number of amides is 1. The fourth-order valence-electron chi connectivity index (χ4n) is 3.33. The molecule has 0 bridgehead atoms. The van der Waals surface area contributed by atoms with Crippen LogP contribution in [0.1, 0.15) is 11.1 Å². The number of hydrogen-bond donors (Lipinski definition) is 1. The van der Waals surface area contributed by atoms with Crippen molar-refractivity contribution in [2.75, 3.05) is 5.32 Å². The van der Waals surface area contributed by atoms with Crippen LogP contribution in [-0.4, -0.2) is 10.5 Å². The molecule has 3 aromatic carbocycles. The smallest absolute Gasteiger partial charge is 0.266 e. The van der Waals surface area contributed by atoms with E-state index < -0.39 is 5.91 Å². The van der Waals surface area contributed by atoms with Gasteiger partial charge in [-0.05, 0) is 42.0 Å². The lowest BCUT2D eigenvalue weighted by Crippen LogP contribution is -2.13. The van der Waals surface area contributed by atoms with Crippen LogP contribution in [0.15, 0.2) is 90.6 Å². The Morgan fingerprint density at radius 3 is 2.43 bits per heavy atom. The third kappa shape index (κ3) is 4.13. The van der Waals surface area contributed by atoms with Crippen LogP contribution in [-0.2, 0) is 11.3 Å². The Bertz CT molecular complexity index is 1270. The molecule has 1 N–H and O–H groups in total. The van der Waals surface area contributed by atoms with Crippen molar-refractivity contribution in [2.24, 2.45) is 0 Å². The normalized spacial score (nSPS) is 11.3. The lowest BCUT2D eigenvalue weighted by molar-refractivity contribution is -0.112. The molecule has 1 amide bonds. The van der Waals surface area contributed by atoms with E-state index in [1.807, 2.05) is 59.3 Å². The average Bonchev–Trinajstić information content (AvgIpc) is 3.11. The molecule has 0 radical (unpaired) electrons. The summed E-state index contributed by atoms with van der Waals surface area (Å²) in [6.45, 7) is 0.548. The molecule has 5 heteroatoms. The number of nitrogens with zero attached hydrogens (tertiary/aromatic N) is 2. The van der Waals surface area contributed by atoms with Crippen molar-refractivity contribution in [2.45, 2.75) is 6.54 Å². The standard InChI is InChI=1S/C25H18FN3O/c26-21-12-10-18(11-13-21)16-29-17-20(23-8-4-5-9-24(23)29)14-19(15-27)25(30)28-22-6-2-1-3-7-22/h1-14,17H,16H2,(H,28,30). The number of anilines is 1. The van der Waals surface area contributed by atoms with Crippen LogP contribution in [0.25, 0.3) is 17.0 Å². The average molecular weight is 395 g/mol. The molecular formula is C25H18FN3O. The van der Waals surface area contributed by atoms with E-state index in [0.29, 0.717) is 12.2 Å². The Kier molecular flexibility index (Phi) is 5.40. The molecule has 0 unspecified atom stereocenters. The van der Waals surface area contributed by atoms with Gasteiger partial charge >= 0.3 is 0 Å². The number of carbonyl (C=O) groups excluding carboxylic acids is 1. The molecule has 4 aromatic rings. The summed E-state index contributed by atoms with van der Waals surface area (Å²) in [6, 6.07) is 25.1. The van der Waals surface area contributed by atoms with Gasteiger partial charge in [0.25, 0.3) is 5.91 Å². The monoisotopic (exact) mass is 395 g/mol. The molecule has 0 saturated carbocycles. The minimum Gasteiger partial charge on any atom is -0.342 e. The van der Waals surface area contributed by atoms with Crippen molar-refractivity contribution in [1.29, 1.82) is 5.26 Å². The van der Waals surface area contributed by atoms with Crippen LogP contribution in [0.2, 0.25) is 0 Å². The minimum atomic E-state index is -0.459. The number of fused-ring (bicyclic) bond motifs is 1. The SMILES string of the molecule is N#CC(=Cc1cn(Cc2ccc(F)cc2)c2ccccc12)C(=O)Nc1ccccc1. The maximum atomic E-state index is 13.2. The summed E-state index contributed by atoms with van der Waals surface area (Å²) in [7, 11) is 0. The Labute approximate surface area is 173 Å². The summed E-state index contributed by atoms with van der Waals surface area (Å²) in [5, 5.41) is 13.2. The topological polar surface area (TPSA) is 57.8 Å². The number of para-hydroxylation sites is 2. The molecule has 4 nitrogen and oxygen atoms in total. The third-order valence-electron chi connectivity index (χ3n) is 4.78. The van der Waals surface area contributed by atoms with E-state index in [9.17, 15) is 14.4 Å². The molecule has 4 rings (SSSR count). The van der Waals surface area contributed by atoms with E-state index in [2.05, 4.69) is 5.32 Å². The first-order valence-corrected chi connectivity index (χ1v) is 9.44. The number of aromatic nitrogens is 1. The second-order valence-corrected chi connectivity index (χ2v) is 6.85. The summed E-state index contributed by atoms with van der Waals surface area (Å²) in [5.41, 5.74) is 3.34. The maximum Gasteiger partial charge on any atom is 0.266 e. The Morgan fingerprint density at radius 1 is 1.00 bits per heavy atom. The zero-order valence-corrected chi connectivity index (χ0v) is 16.0. The van der Waals surface area contributed by atoms with Crippen LogP contribution in [0.3, 0.4) is 0 Å². The number of benzene rings is 3. The summed E-state index contributed by atoms with van der Waals surface area (Å²) in [5.74, 6) is -0.734. The number of halogens is 1. The Hall–Kier alpha value is -4.17. The lowest BCUT2D eigenvalue weighted by Gasteiger charge is -2.05. The fraction of sp³-hybridized carbons (Fsp3) is 0.0400. The zero-order chi connectivity index (χ0) is 20.9. The summed E-state index contributed by atoms with van der Waals surface area (Å²) >= 11 is 0. The van der Waals surface area contributed by atoms with Crippen molar-refractivity contribution < 1.29 is 9.18 Å². The molecule has 0 aliphatic carbocycles.